The number of pyridine rings is 1. The van der Waals surface area contributed by atoms with Crippen molar-refractivity contribution in [2.45, 2.75) is 12.3 Å². The molecule has 0 N–H and O–H groups in total. The van der Waals surface area contributed by atoms with E-state index in [2.05, 4.69) is 20.9 Å². The summed E-state index contributed by atoms with van der Waals surface area (Å²) in [4.78, 5) is 41.2. The van der Waals surface area contributed by atoms with Gasteiger partial charge in [0.15, 0.2) is 5.76 Å². The van der Waals surface area contributed by atoms with Gasteiger partial charge in [0.05, 0.1) is 23.1 Å². The molecule has 0 radical (unpaired) electrons. The highest BCUT2D eigenvalue weighted by molar-refractivity contribution is 9.08. The lowest BCUT2D eigenvalue weighted by Crippen LogP contribution is -2.23. The topological polar surface area (TPSA) is 86.5 Å². The van der Waals surface area contributed by atoms with Gasteiger partial charge in [0, 0.05) is 6.20 Å². The van der Waals surface area contributed by atoms with E-state index in [1.165, 1.54) is 12.3 Å². The van der Waals surface area contributed by atoms with E-state index in [4.69, 9.17) is 9.15 Å². The minimum atomic E-state index is -0.692. The monoisotopic (exact) mass is 363 g/mol. The van der Waals surface area contributed by atoms with E-state index < -0.39 is 17.5 Å². The molecule has 2 aromatic heterocycles. The van der Waals surface area contributed by atoms with Crippen LogP contribution in [0.5, 0.6) is 0 Å². The fourth-order valence-electron chi connectivity index (χ4n) is 2.38. The Kier molecular flexibility index (Phi) is 3.66. The molecule has 0 spiro atoms. The fourth-order valence-corrected chi connectivity index (χ4v) is 2.77. The normalized spacial score (nSPS) is 12.8. The van der Waals surface area contributed by atoms with Crippen LogP contribution >= 0.6 is 15.9 Å². The largest absolute Gasteiger partial charge is 0.462 e. The van der Waals surface area contributed by atoms with Gasteiger partial charge in [-0.2, -0.15) is 0 Å². The lowest BCUT2D eigenvalue weighted by Gasteiger charge is -2.12. The van der Waals surface area contributed by atoms with E-state index >= 15 is 0 Å². The summed E-state index contributed by atoms with van der Waals surface area (Å²) >= 11 is 3.19. The predicted octanol–water partition coefficient (Wildman–Crippen LogP) is 2.52. The molecule has 0 bridgehead atoms. The van der Waals surface area contributed by atoms with E-state index in [9.17, 15) is 14.4 Å². The summed E-state index contributed by atoms with van der Waals surface area (Å²) in [5.41, 5.74) is 0.116. The summed E-state index contributed by atoms with van der Waals surface area (Å²) in [5.74, 6) is -1.61. The molecule has 2 aromatic rings. The van der Waals surface area contributed by atoms with Crippen LogP contribution in [-0.4, -0.2) is 29.1 Å². The zero-order valence-electron chi connectivity index (χ0n) is 11.5. The molecular weight excluding hydrogens is 354 g/mol. The Labute approximate surface area is 133 Å². The Hall–Kier alpha value is -2.28. The molecular formula is C15H10BrNO5. The average molecular weight is 364 g/mol. The van der Waals surface area contributed by atoms with E-state index in [1.807, 2.05) is 0 Å². The second-order valence-corrected chi connectivity index (χ2v) is 5.08. The third-order valence-corrected chi connectivity index (χ3v) is 3.79. The Balaban J connectivity index is 2.26. The summed E-state index contributed by atoms with van der Waals surface area (Å²) in [6.07, 6.45) is 1.42. The maximum atomic E-state index is 12.6. The number of nitrogens with zero attached hydrogens (tertiary/aromatic N) is 1. The minimum absolute atomic E-state index is 0.0108. The molecule has 6 nitrogen and oxygen atoms in total. The molecule has 2 heterocycles. The number of alkyl halides is 1. The zero-order valence-corrected chi connectivity index (χ0v) is 13.1. The van der Waals surface area contributed by atoms with Crippen LogP contribution < -0.4 is 0 Å². The SMILES string of the molecule is CCOC(=O)c1c(CBr)oc2c1C(=O)c1ncccc1C2=O. The Morgan fingerprint density at radius 1 is 1.36 bits per heavy atom. The van der Waals surface area contributed by atoms with E-state index in [0.29, 0.717) is 0 Å². The summed E-state index contributed by atoms with van der Waals surface area (Å²) < 4.78 is 10.4. The molecule has 22 heavy (non-hydrogen) atoms. The van der Waals surface area contributed by atoms with Crippen molar-refractivity contribution < 1.29 is 23.5 Å². The first-order valence-electron chi connectivity index (χ1n) is 6.53. The molecule has 0 aliphatic heterocycles. The van der Waals surface area contributed by atoms with Crippen LogP contribution in [0.15, 0.2) is 22.7 Å². The average Bonchev–Trinajstić information content (AvgIpc) is 2.93. The van der Waals surface area contributed by atoms with Crippen LogP contribution in [0.25, 0.3) is 0 Å². The summed E-state index contributed by atoms with van der Waals surface area (Å²) in [5, 5.41) is 0.179. The van der Waals surface area contributed by atoms with Crippen LogP contribution in [0.4, 0.5) is 0 Å². The zero-order chi connectivity index (χ0) is 15.9. The molecule has 112 valence electrons. The number of ether oxygens (including phenoxy) is 1. The number of ketones is 2. The van der Waals surface area contributed by atoms with Crippen molar-refractivity contribution in [2.75, 3.05) is 6.61 Å². The number of hydrogen-bond donors (Lipinski definition) is 0. The lowest BCUT2D eigenvalue weighted by molar-refractivity contribution is 0.0521. The van der Waals surface area contributed by atoms with Crippen LogP contribution in [0, 0.1) is 0 Å². The summed E-state index contributed by atoms with van der Waals surface area (Å²) in [7, 11) is 0. The molecule has 0 fully saturated rings. The Bertz CT molecular complexity index is 808. The number of esters is 1. The molecule has 3 rings (SSSR count). The standard InChI is InChI=1S/C15H10BrNO5/c1-2-21-15(20)9-8(6-16)22-14-10(9)13(19)11-7(12(14)18)4-3-5-17-11/h3-5H,2,6H2,1H3. The maximum absolute atomic E-state index is 12.6. The fraction of sp³-hybridized carbons (Fsp3) is 0.200. The number of hydrogen-bond acceptors (Lipinski definition) is 6. The van der Waals surface area contributed by atoms with Gasteiger partial charge in [-0.15, -0.1) is 0 Å². The van der Waals surface area contributed by atoms with Crippen LogP contribution in [-0.2, 0) is 10.1 Å². The van der Waals surface area contributed by atoms with Crippen molar-refractivity contribution in [3.63, 3.8) is 0 Å². The molecule has 0 amide bonds. The highest BCUT2D eigenvalue weighted by atomic mass is 79.9. The van der Waals surface area contributed by atoms with Crippen molar-refractivity contribution in [3.05, 3.63) is 52.2 Å². The van der Waals surface area contributed by atoms with Gasteiger partial charge in [-0.25, -0.2) is 4.79 Å². The molecule has 0 saturated heterocycles. The van der Waals surface area contributed by atoms with E-state index in [0.717, 1.165) is 0 Å². The maximum Gasteiger partial charge on any atom is 0.342 e. The van der Waals surface area contributed by atoms with Gasteiger partial charge in [0.2, 0.25) is 11.6 Å². The second kappa shape index (κ2) is 5.49. The molecule has 7 heteroatoms. The number of fused-ring (bicyclic) bond motifs is 2. The van der Waals surface area contributed by atoms with Gasteiger partial charge in [-0.05, 0) is 19.1 Å². The Morgan fingerprint density at radius 3 is 2.82 bits per heavy atom. The number of halogens is 1. The van der Waals surface area contributed by atoms with Gasteiger partial charge >= 0.3 is 5.97 Å². The van der Waals surface area contributed by atoms with Crippen molar-refractivity contribution >= 4 is 33.5 Å². The lowest BCUT2D eigenvalue weighted by atomic mass is 9.90. The van der Waals surface area contributed by atoms with Gasteiger partial charge < -0.3 is 9.15 Å². The van der Waals surface area contributed by atoms with Crippen LogP contribution in [0.2, 0.25) is 0 Å². The van der Waals surface area contributed by atoms with Crippen molar-refractivity contribution in [3.8, 4) is 0 Å². The second-order valence-electron chi connectivity index (χ2n) is 4.52. The quantitative estimate of drug-likeness (QED) is 0.524. The number of carbonyl (C=O) groups excluding carboxylic acids is 3. The first-order chi connectivity index (χ1) is 10.6. The Morgan fingerprint density at radius 2 is 2.14 bits per heavy atom. The van der Waals surface area contributed by atoms with Crippen LogP contribution in [0.3, 0.4) is 0 Å². The first kappa shape index (κ1) is 14.6. The summed E-state index contributed by atoms with van der Waals surface area (Å²) in [6, 6.07) is 3.07. The van der Waals surface area contributed by atoms with E-state index in [-0.39, 0.29) is 45.8 Å². The smallest absolute Gasteiger partial charge is 0.342 e. The number of carbonyl (C=O) groups is 3. The third-order valence-electron chi connectivity index (χ3n) is 3.28. The first-order valence-corrected chi connectivity index (χ1v) is 7.65. The van der Waals surface area contributed by atoms with Gasteiger partial charge in [0.1, 0.15) is 17.0 Å². The van der Waals surface area contributed by atoms with Crippen molar-refractivity contribution in [1.29, 1.82) is 0 Å². The third kappa shape index (κ3) is 2.00. The van der Waals surface area contributed by atoms with Crippen molar-refractivity contribution in [1.82, 2.24) is 4.98 Å². The molecule has 0 atom stereocenters. The molecule has 0 unspecified atom stereocenters. The van der Waals surface area contributed by atoms with Crippen molar-refractivity contribution in [2.24, 2.45) is 0 Å². The van der Waals surface area contributed by atoms with Crippen LogP contribution in [0.1, 0.15) is 55.2 Å². The van der Waals surface area contributed by atoms with Gasteiger partial charge in [-0.3, -0.25) is 14.6 Å². The predicted molar refractivity (Wildman–Crippen MR) is 78.4 cm³/mol. The van der Waals surface area contributed by atoms with Gasteiger partial charge in [0.25, 0.3) is 0 Å². The van der Waals surface area contributed by atoms with Gasteiger partial charge in [-0.1, -0.05) is 15.9 Å². The minimum Gasteiger partial charge on any atom is -0.462 e. The molecule has 1 aliphatic carbocycles. The number of rotatable bonds is 3. The number of aromatic nitrogens is 1. The van der Waals surface area contributed by atoms with E-state index in [1.54, 1.807) is 13.0 Å². The molecule has 0 saturated carbocycles. The number of furan rings is 1. The molecule has 0 aromatic carbocycles. The highest BCUT2D eigenvalue weighted by Gasteiger charge is 2.40. The highest BCUT2D eigenvalue weighted by Crippen LogP contribution is 2.33. The summed E-state index contributed by atoms with van der Waals surface area (Å²) in [6.45, 7) is 1.81. The molecule has 1 aliphatic rings.